The van der Waals surface area contributed by atoms with Crippen molar-refractivity contribution in [1.29, 1.82) is 0 Å². The molecule has 3 N–H and O–H groups in total. The monoisotopic (exact) mass is 492 g/mol. The van der Waals surface area contributed by atoms with Gasteiger partial charge < -0.3 is 10.2 Å². The summed E-state index contributed by atoms with van der Waals surface area (Å²) in [4.78, 5) is 0. The van der Waals surface area contributed by atoms with Gasteiger partial charge in [0.15, 0.2) is 16.2 Å². The molecule has 0 saturated carbocycles. The summed E-state index contributed by atoms with van der Waals surface area (Å²) in [6, 6.07) is 12.2. The summed E-state index contributed by atoms with van der Waals surface area (Å²) in [5, 5.41) is 20.2. The summed E-state index contributed by atoms with van der Waals surface area (Å²) in [7, 11) is -5.11. The van der Waals surface area contributed by atoms with Crippen LogP contribution in [0.25, 0.3) is 0 Å². The van der Waals surface area contributed by atoms with E-state index in [0.29, 0.717) is 0 Å². The third-order valence-electron chi connectivity index (χ3n) is 4.42. The molecule has 1 unspecified atom stereocenters. The van der Waals surface area contributed by atoms with Gasteiger partial charge in [-0.1, -0.05) is 82.8 Å². The molecule has 0 bridgehead atoms. The highest BCUT2D eigenvalue weighted by Gasteiger charge is 2.52. The fraction of sp³-hybridized carbons (Fsp3) is 0.0526. The van der Waals surface area contributed by atoms with Gasteiger partial charge >= 0.3 is 0 Å². The molecule has 3 aromatic rings. The van der Waals surface area contributed by atoms with Crippen LogP contribution in [0.3, 0.4) is 0 Å². The molecule has 10 heteroatoms. The molecule has 0 aliphatic heterocycles. The Morgan fingerprint density at radius 1 is 0.793 bits per heavy atom. The van der Waals surface area contributed by atoms with Crippen LogP contribution in [0.5, 0.6) is 11.5 Å². The lowest BCUT2D eigenvalue weighted by Crippen LogP contribution is -2.38. The highest BCUT2D eigenvalue weighted by molar-refractivity contribution is 7.87. The Balaban J connectivity index is 2.64. The molecule has 29 heavy (non-hydrogen) atoms. The summed E-state index contributed by atoms with van der Waals surface area (Å²) >= 11 is 24.5. The average molecular weight is 494 g/mol. The van der Waals surface area contributed by atoms with Gasteiger partial charge in [-0.2, -0.15) is 8.42 Å². The van der Waals surface area contributed by atoms with E-state index >= 15 is 0 Å². The molecule has 0 aliphatic carbocycles. The standard InChI is InChI=1S/C19H12Cl4O5S/c20-11-8-13(18(25)15(24)9-11)19(29(26,27)28,10-4-2-1-3-5-10)12-6-7-14(21)17(23)16(12)22/h1-9,24-25H,(H,26,27,28). The van der Waals surface area contributed by atoms with E-state index in [-0.39, 0.29) is 31.2 Å². The Hall–Kier alpha value is -1.67. The van der Waals surface area contributed by atoms with Gasteiger partial charge in [0.05, 0.1) is 15.1 Å². The van der Waals surface area contributed by atoms with Gasteiger partial charge in [-0.3, -0.25) is 4.55 Å². The Morgan fingerprint density at radius 2 is 1.41 bits per heavy atom. The van der Waals surface area contributed by atoms with Crippen LogP contribution >= 0.6 is 46.4 Å². The highest BCUT2D eigenvalue weighted by atomic mass is 35.5. The largest absolute Gasteiger partial charge is 0.504 e. The van der Waals surface area contributed by atoms with Crippen LogP contribution in [0, 0.1) is 0 Å². The van der Waals surface area contributed by atoms with E-state index in [1.54, 1.807) is 6.07 Å². The van der Waals surface area contributed by atoms with Crippen LogP contribution in [-0.4, -0.2) is 23.2 Å². The predicted molar refractivity (Wildman–Crippen MR) is 114 cm³/mol. The first-order chi connectivity index (χ1) is 13.5. The third-order valence-corrected chi connectivity index (χ3v) is 7.38. The maximum atomic E-state index is 13.0. The first kappa shape index (κ1) is 22.0. The summed E-state index contributed by atoms with van der Waals surface area (Å²) in [6.45, 7) is 0. The van der Waals surface area contributed by atoms with Gasteiger partial charge in [0.1, 0.15) is 0 Å². The van der Waals surface area contributed by atoms with E-state index in [1.807, 2.05) is 0 Å². The summed E-state index contributed by atoms with van der Waals surface area (Å²) in [6.07, 6.45) is 0. The fourth-order valence-electron chi connectivity index (χ4n) is 3.21. The third kappa shape index (κ3) is 3.54. The molecule has 3 aromatic carbocycles. The van der Waals surface area contributed by atoms with Crippen molar-refractivity contribution in [2.75, 3.05) is 0 Å². The molecular formula is C19H12Cl4O5S. The van der Waals surface area contributed by atoms with Crippen LogP contribution in [0.15, 0.2) is 54.6 Å². The number of benzene rings is 3. The zero-order valence-electron chi connectivity index (χ0n) is 14.3. The van der Waals surface area contributed by atoms with Gasteiger partial charge in [0, 0.05) is 22.2 Å². The number of halogens is 4. The van der Waals surface area contributed by atoms with Crippen molar-refractivity contribution >= 4 is 56.5 Å². The van der Waals surface area contributed by atoms with Crippen LogP contribution in [-0.2, 0) is 14.9 Å². The topological polar surface area (TPSA) is 94.8 Å². The molecule has 1 atom stereocenters. The molecule has 5 nitrogen and oxygen atoms in total. The Morgan fingerprint density at radius 3 is 2.00 bits per heavy atom. The Bertz CT molecular complexity index is 1200. The molecule has 0 aliphatic rings. The van der Waals surface area contributed by atoms with Crippen molar-refractivity contribution in [3.63, 3.8) is 0 Å². The second kappa shape index (κ2) is 7.87. The summed E-state index contributed by atoms with van der Waals surface area (Å²) in [5.74, 6) is -1.49. The van der Waals surface area contributed by atoms with Crippen LogP contribution in [0.1, 0.15) is 16.7 Å². The highest BCUT2D eigenvalue weighted by Crippen LogP contribution is 2.53. The Labute approximate surface area is 186 Å². The maximum Gasteiger partial charge on any atom is 0.283 e. The lowest BCUT2D eigenvalue weighted by atomic mass is 9.83. The average Bonchev–Trinajstić information content (AvgIpc) is 2.65. The van der Waals surface area contributed by atoms with Crippen molar-refractivity contribution in [3.8, 4) is 11.5 Å². The number of phenols is 2. The Kier molecular flexibility index (Phi) is 5.98. The van der Waals surface area contributed by atoms with Gasteiger partial charge in [-0.15, -0.1) is 0 Å². The maximum absolute atomic E-state index is 13.0. The second-order valence-corrected chi connectivity index (χ2v) is 9.23. The quantitative estimate of drug-likeness (QED) is 0.182. The number of aromatic hydroxyl groups is 2. The number of phenolic OH excluding ortho intramolecular Hbond substituents is 2. The normalized spacial score (nSPS) is 13.8. The van der Waals surface area contributed by atoms with Crippen LogP contribution in [0.4, 0.5) is 0 Å². The van der Waals surface area contributed by atoms with E-state index in [4.69, 9.17) is 46.4 Å². The molecule has 0 fully saturated rings. The molecule has 0 heterocycles. The molecule has 0 radical (unpaired) electrons. The SMILES string of the molecule is O=S(=O)(O)C(c1ccccc1)(c1cc(Cl)cc(O)c1O)c1ccc(Cl)c(Cl)c1Cl. The lowest BCUT2D eigenvalue weighted by Gasteiger charge is -2.34. The minimum absolute atomic E-state index is 0.0137. The summed E-state index contributed by atoms with van der Waals surface area (Å²) < 4.78 is 33.9. The van der Waals surface area contributed by atoms with Crippen LogP contribution in [0.2, 0.25) is 20.1 Å². The van der Waals surface area contributed by atoms with E-state index < -0.39 is 31.9 Å². The smallest absolute Gasteiger partial charge is 0.283 e. The van der Waals surface area contributed by atoms with E-state index in [1.165, 1.54) is 36.4 Å². The minimum Gasteiger partial charge on any atom is -0.504 e. The molecule has 0 amide bonds. The molecular weight excluding hydrogens is 482 g/mol. The molecule has 152 valence electrons. The van der Waals surface area contributed by atoms with Gasteiger partial charge in [0.25, 0.3) is 10.1 Å². The van der Waals surface area contributed by atoms with Crippen molar-refractivity contribution in [2.45, 2.75) is 4.75 Å². The van der Waals surface area contributed by atoms with Crippen molar-refractivity contribution in [2.24, 2.45) is 0 Å². The number of hydrogen-bond acceptors (Lipinski definition) is 4. The summed E-state index contributed by atoms with van der Waals surface area (Å²) in [5.41, 5.74) is -0.601. The van der Waals surface area contributed by atoms with Crippen molar-refractivity contribution < 1.29 is 23.2 Å². The fourth-order valence-corrected chi connectivity index (χ4v) is 5.47. The molecule has 0 saturated heterocycles. The van der Waals surface area contributed by atoms with Gasteiger partial charge in [-0.05, 0) is 17.7 Å². The zero-order chi connectivity index (χ0) is 21.6. The number of rotatable bonds is 4. The first-order valence-electron chi connectivity index (χ1n) is 7.90. The predicted octanol–water partition coefficient (Wildman–Crippen LogP) is 5.89. The van der Waals surface area contributed by atoms with E-state index in [9.17, 15) is 23.2 Å². The lowest BCUT2D eigenvalue weighted by molar-refractivity contribution is 0.394. The van der Waals surface area contributed by atoms with E-state index in [2.05, 4.69) is 0 Å². The molecule has 3 rings (SSSR count). The zero-order valence-corrected chi connectivity index (χ0v) is 18.1. The van der Waals surface area contributed by atoms with Crippen LogP contribution < -0.4 is 0 Å². The van der Waals surface area contributed by atoms with Crippen molar-refractivity contribution in [1.82, 2.24) is 0 Å². The van der Waals surface area contributed by atoms with Crippen molar-refractivity contribution in [3.05, 3.63) is 91.4 Å². The van der Waals surface area contributed by atoms with Gasteiger partial charge in [-0.25, -0.2) is 0 Å². The first-order valence-corrected chi connectivity index (χ1v) is 10.9. The molecule has 0 aromatic heterocycles. The van der Waals surface area contributed by atoms with Gasteiger partial charge in [0.2, 0.25) is 0 Å². The number of hydrogen-bond donors (Lipinski definition) is 3. The second-order valence-electron chi connectivity index (χ2n) is 6.07. The van der Waals surface area contributed by atoms with E-state index in [0.717, 1.165) is 12.1 Å². The minimum atomic E-state index is -5.11. The molecule has 0 spiro atoms.